The van der Waals surface area contributed by atoms with Crippen LogP contribution in [-0.2, 0) is 0 Å². The molecule has 5 aromatic rings. The Morgan fingerprint density at radius 3 is 1.71 bits per heavy atom. The number of anilines is 3. The fourth-order valence-corrected chi connectivity index (χ4v) is 4.10. The van der Waals surface area contributed by atoms with E-state index in [-0.39, 0.29) is 0 Å². The Kier molecular flexibility index (Phi) is 6.37. The van der Waals surface area contributed by atoms with Crippen molar-refractivity contribution in [2.45, 2.75) is 0 Å². The third kappa shape index (κ3) is 5.13. The molecule has 0 fully saturated rings. The van der Waals surface area contributed by atoms with E-state index in [2.05, 4.69) is 39.8 Å². The lowest BCUT2D eigenvalue weighted by Crippen LogP contribution is -2.19. The number of nitrogens with one attached hydrogen (secondary N) is 2. The minimum Gasteiger partial charge on any atom is -0.378 e. The highest BCUT2D eigenvalue weighted by molar-refractivity contribution is 7.80. The number of nitrogens with zero attached hydrogens (tertiary/aromatic N) is 3. The average molecular weight is 476 g/mol. The van der Waals surface area contributed by atoms with E-state index >= 15 is 0 Å². The number of fused-ring (bicyclic) bond motifs is 1. The van der Waals surface area contributed by atoms with Crippen LogP contribution < -0.4 is 15.5 Å². The summed E-state index contributed by atoms with van der Waals surface area (Å²) in [6, 6.07) is 34.4. The van der Waals surface area contributed by atoms with Crippen LogP contribution in [0, 0.1) is 0 Å². The lowest BCUT2D eigenvalue weighted by molar-refractivity contribution is 1.13. The van der Waals surface area contributed by atoms with Crippen LogP contribution in [0.3, 0.4) is 0 Å². The molecule has 0 aliphatic heterocycles. The fourth-order valence-electron chi connectivity index (χ4n) is 3.86. The molecule has 4 aromatic carbocycles. The Morgan fingerprint density at radius 1 is 0.629 bits per heavy atom. The summed E-state index contributed by atoms with van der Waals surface area (Å²) in [5.41, 5.74) is 8.30. The Labute approximate surface area is 210 Å². The zero-order valence-corrected chi connectivity index (χ0v) is 20.4. The van der Waals surface area contributed by atoms with Gasteiger partial charge in [0.05, 0.1) is 22.4 Å². The van der Waals surface area contributed by atoms with Crippen LogP contribution in [0.5, 0.6) is 0 Å². The molecule has 0 spiro atoms. The summed E-state index contributed by atoms with van der Waals surface area (Å²) in [6.07, 6.45) is 0. The van der Waals surface area contributed by atoms with Gasteiger partial charge in [-0.1, -0.05) is 60.7 Å². The van der Waals surface area contributed by atoms with Gasteiger partial charge in [0.15, 0.2) is 5.11 Å². The molecule has 6 heteroatoms. The largest absolute Gasteiger partial charge is 0.378 e. The van der Waals surface area contributed by atoms with Gasteiger partial charge in [0.2, 0.25) is 0 Å². The predicted octanol–water partition coefficient (Wildman–Crippen LogP) is 6.84. The highest BCUT2D eigenvalue weighted by Crippen LogP contribution is 2.31. The van der Waals surface area contributed by atoms with Crippen LogP contribution in [0.1, 0.15) is 0 Å². The van der Waals surface area contributed by atoms with E-state index in [0.717, 1.165) is 50.6 Å². The number of thiocarbonyl (C=S) groups is 1. The molecule has 0 aliphatic rings. The van der Waals surface area contributed by atoms with Gasteiger partial charge in [-0.25, -0.2) is 9.97 Å². The molecule has 0 saturated carbocycles. The fraction of sp³-hybridized carbons (Fsp3) is 0.0690. The van der Waals surface area contributed by atoms with E-state index in [1.807, 2.05) is 93.0 Å². The Bertz CT molecular complexity index is 1470. The number of hydrogen-bond donors (Lipinski definition) is 2. The van der Waals surface area contributed by atoms with Crippen molar-refractivity contribution in [2.24, 2.45) is 0 Å². The van der Waals surface area contributed by atoms with Crippen LogP contribution in [0.4, 0.5) is 17.1 Å². The van der Waals surface area contributed by atoms with Gasteiger partial charge < -0.3 is 15.5 Å². The first-order valence-electron chi connectivity index (χ1n) is 11.3. The van der Waals surface area contributed by atoms with Gasteiger partial charge in [-0.15, -0.1) is 0 Å². The third-order valence-corrected chi connectivity index (χ3v) is 5.86. The summed E-state index contributed by atoms with van der Waals surface area (Å²) in [6.45, 7) is 0. The van der Waals surface area contributed by atoms with Gasteiger partial charge in [-0.05, 0) is 54.7 Å². The molecule has 2 N–H and O–H groups in total. The maximum absolute atomic E-state index is 5.54. The van der Waals surface area contributed by atoms with E-state index in [4.69, 9.17) is 22.2 Å². The predicted molar refractivity (Wildman–Crippen MR) is 151 cm³/mol. The molecule has 0 radical (unpaired) electrons. The van der Waals surface area contributed by atoms with Gasteiger partial charge in [0.1, 0.15) is 0 Å². The molecular weight excluding hydrogens is 450 g/mol. The molecule has 0 saturated heterocycles. The monoisotopic (exact) mass is 475 g/mol. The standard InChI is InChI=1S/C29H25N5S/c1-34(2)24-16-13-22(14-17-24)30-29(35)31-23-15-18-25-26(19-23)33-28(21-11-7-4-8-12-21)27(32-25)20-9-5-3-6-10-20/h3-19H,1-2H3,(H2,30,31,35). The van der Waals surface area contributed by atoms with Crippen LogP contribution >= 0.6 is 12.2 Å². The van der Waals surface area contributed by atoms with E-state index in [0.29, 0.717) is 5.11 Å². The number of aromatic nitrogens is 2. The number of rotatable bonds is 5. The minimum atomic E-state index is 0.513. The topological polar surface area (TPSA) is 53.1 Å². The molecule has 0 unspecified atom stereocenters. The molecular formula is C29H25N5S. The second-order valence-corrected chi connectivity index (χ2v) is 8.79. The van der Waals surface area contributed by atoms with Gasteiger partial charge in [0, 0.05) is 42.3 Å². The summed E-state index contributed by atoms with van der Waals surface area (Å²) in [5, 5.41) is 7.02. The summed E-state index contributed by atoms with van der Waals surface area (Å²) in [5.74, 6) is 0. The van der Waals surface area contributed by atoms with Crippen molar-refractivity contribution in [1.82, 2.24) is 9.97 Å². The third-order valence-electron chi connectivity index (χ3n) is 5.66. The zero-order chi connectivity index (χ0) is 24.2. The Morgan fingerprint density at radius 2 is 1.14 bits per heavy atom. The molecule has 0 amide bonds. The molecule has 5 rings (SSSR count). The second kappa shape index (κ2) is 9.91. The molecule has 0 bridgehead atoms. The maximum atomic E-state index is 5.54. The van der Waals surface area contributed by atoms with E-state index in [1.54, 1.807) is 0 Å². The van der Waals surface area contributed by atoms with Crippen LogP contribution in [0.2, 0.25) is 0 Å². The Hall–Kier alpha value is -4.29. The van der Waals surface area contributed by atoms with Crippen molar-refractivity contribution in [1.29, 1.82) is 0 Å². The maximum Gasteiger partial charge on any atom is 0.175 e. The molecule has 172 valence electrons. The van der Waals surface area contributed by atoms with Crippen molar-refractivity contribution in [3.63, 3.8) is 0 Å². The summed E-state index contributed by atoms with van der Waals surface area (Å²) in [4.78, 5) is 12.1. The van der Waals surface area contributed by atoms with Crippen molar-refractivity contribution < 1.29 is 0 Å². The van der Waals surface area contributed by atoms with Gasteiger partial charge in [-0.3, -0.25) is 0 Å². The van der Waals surface area contributed by atoms with Crippen molar-refractivity contribution >= 4 is 45.4 Å². The average Bonchev–Trinajstić information content (AvgIpc) is 2.89. The molecule has 5 nitrogen and oxygen atoms in total. The SMILES string of the molecule is CN(C)c1ccc(NC(=S)Nc2ccc3nc(-c4ccccc4)c(-c4ccccc4)nc3c2)cc1. The van der Waals surface area contributed by atoms with E-state index in [9.17, 15) is 0 Å². The molecule has 0 atom stereocenters. The van der Waals surface area contributed by atoms with Gasteiger partial charge >= 0.3 is 0 Å². The first-order valence-corrected chi connectivity index (χ1v) is 11.8. The molecule has 35 heavy (non-hydrogen) atoms. The zero-order valence-electron chi connectivity index (χ0n) is 19.6. The second-order valence-electron chi connectivity index (χ2n) is 8.38. The number of benzene rings is 4. The number of hydrogen-bond acceptors (Lipinski definition) is 4. The van der Waals surface area contributed by atoms with Crippen molar-refractivity contribution in [2.75, 3.05) is 29.6 Å². The van der Waals surface area contributed by atoms with Crippen LogP contribution in [-0.4, -0.2) is 29.2 Å². The quantitative estimate of drug-likeness (QED) is 0.272. The van der Waals surface area contributed by atoms with Crippen LogP contribution in [0.25, 0.3) is 33.5 Å². The molecule has 0 aliphatic carbocycles. The highest BCUT2D eigenvalue weighted by atomic mass is 32.1. The highest BCUT2D eigenvalue weighted by Gasteiger charge is 2.13. The summed E-state index contributed by atoms with van der Waals surface area (Å²) >= 11 is 5.54. The Balaban J connectivity index is 1.45. The first kappa shape index (κ1) is 22.5. The van der Waals surface area contributed by atoms with Crippen molar-refractivity contribution in [3.8, 4) is 22.5 Å². The summed E-state index contributed by atoms with van der Waals surface area (Å²) < 4.78 is 0. The lowest BCUT2D eigenvalue weighted by atomic mass is 10.0. The van der Waals surface area contributed by atoms with Gasteiger partial charge in [0.25, 0.3) is 0 Å². The smallest absolute Gasteiger partial charge is 0.175 e. The van der Waals surface area contributed by atoms with Gasteiger partial charge in [-0.2, -0.15) is 0 Å². The lowest BCUT2D eigenvalue weighted by Gasteiger charge is -2.15. The van der Waals surface area contributed by atoms with E-state index in [1.165, 1.54) is 0 Å². The first-order chi connectivity index (χ1) is 17.1. The minimum absolute atomic E-state index is 0.513. The normalized spacial score (nSPS) is 10.7. The van der Waals surface area contributed by atoms with E-state index < -0.39 is 0 Å². The molecule has 1 heterocycles. The summed E-state index contributed by atoms with van der Waals surface area (Å²) in [7, 11) is 4.03. The van der Waals surface area contributed by atoms with Crippen LogP contribution in [0.15, 0.2) is 103 Å². The molecule has 1 aromatic heterocycles. The van der Waals surface area contributed by atoms with Crippen molar-refractivity contribution in [3.05, 3.63) is 103 Å².